The van der Waals surface area contributed by atoms with Gasteiger partial charge in [-0.15, -0.1) is 5.10 Å². The van der Waals surface area contributed by atoms with Gasteiger partial charge in [-0.25, -0.2) is 9.97 Å². The van der Waals surface area contributed by atoms with E-state index in [0.29, 0.717) is 36.6 Å². The van der Waals surface area contributed by atoms with Crippen molar-refractivity contribution < 1.29 is 23.1 Å². The highest BCUT2D eigenvalue weighted by molar-refractivity contribution is 5.79. The van der Waals surface area contributed by atoms with Gasteiger partial charge in [-0.1, -0.05) is 0 Å². The Morgan fingerprint density at radius 2 is 2.03 bits per heavy atom. The van der Waals surface area contributed by atoms with Gasteiger partial charge in [0.1, 0.15) is 11.3 Å². The van der Waals surface area contributed by atoms with Crippen LogP contribution in [0, 0.1) is 13.8 Å². The van der Waals surface area contributed by atoms with Crippen LogP contribution in [-0.4, -0.2) is 37.3 Å². The minimum Gasteiger partial charge on any atom is -0.507 e. The van der Waals surface area contributed by atoms with Crippen LogP contribution in [0.4, 0.5) is 13.2 Å². The van der Waals surface area contributed by atoms with Crippen LogP contribution in [0.3, 0.4) is 0 Å². The van der Waals surface area contributed by atoms with E-state index in [9.17, 15) is 23.1 Å². The number of amides is 1. The molecule has 0 bridgehead atoms. The predicted octanol–water partition coefficient (Wildman–Crippen LogP) is 3.29. The highest BCUT2D eigenvalue weighted by Gasteiger charge is 2.32. The number of aromatic hydroxyl groups is 1. The maximum Gasteiger partial charge on any atom is 0.416 e. The SMILES string of the molecule is Cc1cc(C(F)(F)F)cc(O)c1-c1cnc2c(C)n([C@H]3CCC(=O)NC3)nc2n1. The number of hydrogen-bond donors (Lipinski definition) is 2. The standard InChI is InChI=1S/C19H18F3N5O2/c1-9-5-11(19(20,21)22)6-14(28)16(9)13-8-24-17-10(2)27(26-18(17)25-13)12-3-4-15(29)23-7-12/h5-6,8,12,28H,3-4,7H2,1-2H3,(H,23,29)/t12-/m0/s1. The zero-order chi connectivity index (χ0) is 20.9. The average molecular weight is 405 g/mol. The number of phenols is 1. The molecule has 1 aliphatic rings. The summed E-state index contributed by atoms with van der Waals surface area (Å²) in [6.45, 7) is 3.78. The summed E-state index contributed by atoms with van der Waals surface area (Å²) >= 11 is 0. The summed E-state index contributed by atoms with van der Waals surface area (Å²) in [7, 11) is 0. The molecule has 3 aromatic rings. The zero-order valence-electron chi connectivity index (χ0n) is 15.7. The van der Waals surface area contributed by atoms with Crippen molar-refractivity contribution in [1.82, 2.24) is 25.1 Å². The first-order valence-corrected chi connectivity index (χ1v) is 9.05. The van der Waals surface area contributed by atoms with Gasteiger partial charge in [0.15, 0.2) is 0 Å². The van der Waals surface area contributed by atoms with Crippen LogP contribution < -0.4 is 5.32 Å². The molecular formula is C19H18F3N5O2. The highest BCUT2D eigenvalue weighted by atomic mass is 19.4. The number of benzene rings is 1. The van der Waals surface area contributed by atoms with Gasteiger partial charge in [0.25, 0.3) is 0 Å². The summed E-state index contributed by atoms with van der Waals surface area (Å²) in [5, 5.41) is 17.5. The molecule has 0 saturated carbocycles. The van der Waals surface area contributed by atoms with Gasteiger partial charge in [-0.05, 0) is 38.0 Å². The topological polar surface area (TPSA) is 92.9 Å². The van der Waals surface area contributed by atoms with E-state index in [1.165, 1.54) is 13.1 Å². The molecule has 1 saturated heterocycles. The van der Waals surface area contributed by atoms with Gasteiger partial charge in [-0.3, -0.25) is 9.48 Å². The summed E-state index contributed by atoms with van der Waals surface area (Å²) in [5.74, 6) is -0.514. The highest BCUT2D eigenvalue weighted by Crippen LogP contribution is 2.38. The number of fused-ring (bicyclic) bond motifs is 1. The summed E-state index contributed by atoms with van der Waals surface area (Å²) in [6, 6.07) is 1.63. The third-order valence-corrected chi connectivity index (χ3v) is 5.13. The second kappa shape index (κ2) is 6.71. The van der Waals surface area contributed by atoms with E-state index >= 15 is 0 Å². The van der Waals surface area contributed by atoms with Crippen LogP contribution in [-0.2, 0) is 11.0 Å². The second-order valence-corrected chi connectivity index (χ2v) is 7.14. The molecule has 7 nitrogen and oxygen atoms in total. The number of rotatable bonds is 2. The normalized spacial score (nSPS) is 17.6. The van der Waals surface area contributed by atoms with Crippen molar-refractivity contribution in [3.63, 3.8) is 0 Å². The van der Waals surface area contributed by atoms with E-state index in [2.05, 4.69) is 20.4 Å². The Morgan fingerprint density at radius 3 is 2.66 bits per heavy atom. The molecule has 0 radical (unpaired) electrons. The van der Waals surface area contributed by atoms with Gasteiger partial charge in [0.05, 0.1) is 29.2 Å². The summed E-state index contributed by atoms with van der Waals surface area (Å²) in [5.41, 5.74) is 1.41. The van der Waals surface area contributed by atoms with Crippen LogP contribution in [0.2, 0.25) is 0 Å². The molecule has 1 atom stereocenters. The summed E-state index contributed by atoms with van der Waals surface area (Å²) < 4.78 is 40.7. The number of aryl methyl sites for hydroxylation is 2. The third-order valence-electron chi connectivity index (χ3n) is 5.13. The average Bonchev–Trinajstić information content (AvgIpc) is 2.97. The fraction of sp³-hybridized carbons (Fsp3) is 0.368. The molecule has 152 valence electrons. The lowest BCUT2D eigenvalue weighted by atomic mass is 10.0. The van der Waals surface area contributed by atoms with Crippen molar-refractivity contribution in [2.45, 2.75) is 38.9 Å². The molecule has 29 heavy (non-hydrogen) atoms. The third kappa shape index (κ3) is 3.39. The Hall–Kier alpha value is -3.17. The minimum atomic E-state index is -4.55. The molecule has 2 N–H and O–H groups in total. The first-order valence-electron chi connectivity index (χ1n) is 9.05. The van der Waals surface area contributed by atoms with Crippen LogP contribution in [0.1, 0.15) is 35.7 Å². The number of hydrogen-bond acceptors (Lipinski definition) is 5. The molecule has 1 aromatic carbocycles. The lowest BCUT2D eigenvalue weighted by molar-refractivity contribution is -0.137. The largest absolute Gasteiger partial charge is 0.507 e. The van der Waals surface area contributed by atoms with Crippen molar-refractivity contribution in [1.29, 1.82) is 0 Å². The Bertz CT molecular complexity index is 1090. The summed E-state index contributed by atoms with van der Waals surface area (Å²) in [6.07, 6.45) is -2.08. The quantitative estimate of drug-likeness (QED) is 0.683. The maximum absolute atomic E-state index is 13.0. The summed E-state index contributed by atoms with van der Waals surface area (Å²) in [4.78, 5) is 20.2. The number of nitrogens with zero attached hydrogens (tertiary/aromatic N) is 4. The van der Waals surface area contributed by atoms with Gasteiger partial charge in [-0.2, -0.15) is 13.2 Å². The van der Waals surface area contributed by atoms with Crippen molar-refractivity contribution in [2.75, 3.05) is 6.54 Å². The lowest BCUT2D eigenvalue weighted by Gasteiger charge is -2.23. The van der Waals surface area contributed by atoms with E-state index in [1.807, 2.05) is 6.92 Å². The molecule has 3 heterocycles. The second-order valence-electron chi connectivity index (χ2n) is 7.14. The molecule has 0 spiro atoms. The fourth-order valence-corrected chi connectivity index (χ4v) is 3.66. The Morgan fingerprint density at radius 1 is 1.28 bits per heavy atom. The van der Waals surface area contributed by atoms with E-state index in [4.69, 9.17) is 0 Å². The maximum atomic E-state index is 13.0. The molecular weight excluding hydrogens is 387 g/mol. The molecule has 1 amide bonds. The number of carbonyl (C=O) groups excluding carboxylic acids is 1. The van der Waals surface area contributed by atoms with Gasteiger partial charge >= 0.3 is 6.18 Å². The fourth-order valence-electron chi connectivity index (χ4n) is 3.66. The lowest BCUT2D eigenvalue weighted by Crippen LogP contribution is -2.36. The molecule has 2 aromatic heterocycles. The van der Waals surface area contributed by atoms with Crippen molar-refractivity contribution >= 4 is 17.1 Å². The number of alkyl halides is 3. The van der Waals surface area contributed by atoms with E-state index in [-0.39, 0.29) is 28.8 Å². The zero-order valence-corrected chi connectivity index (χ0v) is 15.7. The number of carbonyl (C=O) groups is 1. The van der Waals surface area contributed by atoms with Gasteiger partial charge in [0.2, 0.25) is 11.6 Å². The molecule has 1 fully saturated rings. The first kappa shape index (κ1) is 19.2. The molecule has 0 unspecified atom stereocenters. The Kier molecular flexibility index (Phi) is 4.44. The van der Waals surface area contributed by atoms with E-state index in [1.54, 1.807) is 4.68 Å². The monoisotopic (exact) mass is 405 g/mol. The van der Waals surface area contributed by atoms with E-state index < -0.39 is 17.5 Å². The van der Waals surface area contributed by atoms with E-state index in [0.717, 1.165) is 11.8 Å². The Labute approximate surface area is 163 Å². The van der Waals surface area contributed by atoms with Crippen LogP contribution in [0.5, 0.6) is 5.75 Å². The molecule has 4 rings (SSSR count). The molecule has 10 heteroatoms. The molecule has 1 aliphatic heterocycles. The van der Waals surface area contributed by atoms with Gasteiger partial charge in [0, 0.05) is 18.5 Å². The number of piperidine rings is 1. The predicted molar refractivity (Wildman–Crippen MR) is 98.2 cm³/mol. The van der Waals surface area contributed by atoms with Crippen LogP contribution in [0.25, 0.3) is 22.4 Å². The van der Waals surface area contributed by atoms with Crippen molar-refractivity contribution in [2.24, 2.45) is 0 Å². The Balaban J connectivity index is 1.76. The number of nitrogens with one attached hydrogen (secondary N) is 1. The number of phenolic OH excluding ortho intramolecular Hbond substituents is 1. The van der Waals surface area contributed by atoms with Crippen molar-refractivity contribution in [3.05, 3.63) is 35.2 Å². The molecule has 0 aliphatic carbocycles. The van der Waals surface area contributed by atoms with Crippen molar-refractivity contribution in [3.8, 4) is 17.0 Å². The smallest absolute Gasteiger partial charge is 0.416 e. The van der Waals surface area contributed by atoms with Crippen LogP contribution in [0.15, 0.2) is 18.3 Å². The number of halogens is 3. The number of aromatic nitrogens is 4. The van der Waals surface area contributed by atoms with Gasteiger partial charge < -0.3 is 10.4 Å². The van der Waals surface area contributed by atoms with Crippen LogP contribution >= 0.6 is 0 Å². The minimum absolute atomic E-state index is 0.00223. The first-order chi connectivity index (χ1) is 13.6.